The Labute approximate surface area is 130 Å². The van der Waals surface area contributed by atoms with Crippen LogP contribution in [0.25, 0.3) is 0 Å². The predicted molar refractivity (Wildman–Crippen MR) is 89.9 cm³/mol. The van der Waals surface area contributed by atoms with Gasteiger partial charge in [-0.3, -0.25) is 5.32 Å². The van der Waals surface area contributed by atoms with Gasteiger partial charge < -0.3 is 5.11 Å². The van der Waals surface area contributed by atoms with Crippen LogP contribution in [0.5, 0.6) is 0 Å². The van der Waals surface area contributed by atoms with Crippen LogP contribution in [0, 0.1) is 17.8 Å². The summed E-state index contributed by atoms with van der Waals surface area (Å²) in [6.07, 6.45) is 4.62. The second-order valence-electron chi connectivity index (χ2n) is 5.81. The molecule has 0 bridgehead atoms. The smallest absolute Gasteiger partial charge is 0.0718 e. The molecule has 0 aliphatic carbocycles. The van der Waals surface area contributed by atoms with Crippen LogP contribution in [0.3, 0.4) is 0 Å². The quantitative estimate of drug-likeness (QED) is 0.561. The third kappa shape index (κ3) is 6.80. The maximum Gasteiger partial charge on any atom is 0.0718 e. The fourth-order valence-electron chi connectivity index (χ4n) is 2.20. The Morgan fingerprint density at radius 1 is 1.14 bits per heavy atom. The van der Waals surface area contributed by atoms with Gasteiger partial charge in [0.1, 0.15) is 0 Å². The summed E-state index contributed by atoms with van der Waals surface area (Å²) < 4.78 is 0. The monoisotopic (exact) mass is 287 g/mol. The lowest BCUT2D eigenvalue weighted by atomic mass is 10.0. The van der Waals surface area contributed by atoms with Crippen molar-refractivity contribution in [3.8, 4) is 11.8 Å². The van der Waals surface area contributed by atoms with Gasteiger partial charge in [0.2, 0.25) is 0 Å². The first-order chi connectivity index (χ1) is 10.2. The van der Waals surface area contributed by atoms with Gasteiger partial charge >= 0.3 is 0 Å². The molecule has 21 heavy (non-hydrogen) atoms. The normalized spacial score (nSPS) is 13.6. The largest absolute Gasteiger partial charge is 0.394 e. The average Bonchev–Trinajstić information content (AvgIpc) is 2.50. The number of nitrogens with one attached hydrogen (secondary N) is 1. The molecule has 0 aliphatic heterocycles. The minimum absolute atomic E-state index is 0.0523. The molecular formula is C19H29NO. The maximum absolute atomic E-state index is 9.64. The number of aliphatic hydroxyl groups excluding tert-OH is 1. The molecule has 2 N–H and O–H groups in total. The molecule has 0 aromatic heterocycles. The molecule has 1 aromatic rings. The van der Waals surface area contributed by atoms with Gasteiger partial charge in [0.15, 0.2) is 0 Å². The van der Waals surface area contributed by atoms with E-state index in [9.17, 15) is 5.11 Å². The zero-order valence-electron chi connectivity index (χ0n) is 13.6. The highest BCUT2D eigenvalue weighted by Gasteiger charge is 2.17. The van der Waals surface area contributed by atoms with E-state index in [-0.39, 0.29) is 18.7 Å². The summed E-state index contributed by atoms with van der Waals surface area (Å²) >= 11 is 0. The molecule has 2 heteroatoms. The molecule has 0 fully saturated rings. The summed E-state index contributed by atoms with van der Waals surface area (Å²) in [5.74, 6) is 7.05. The van der Waals surface area contributed by atoms with Crippen LogP contribution in [0.1, 0.15) is 58.1 Å². The van der Waals surface area contributed by atoms with E-state index in [2.05, 4.69) is 37.9 Å². The molecule has 116 valence electrons. The summed E-state index contributed by atoms with van der Waals surface area (Å²) in [4.78, 5) is 0. The molecule has 1 aromatic carbocycles. The van der Waals surface area contributed by atoms with E-state index in [4.69, 9.17) is 0 Å². The van der Waals surface area contributed by atoms with E-state index < -0.39 is 0 Å². The molecule has 0 aliphatic rings. The minimum atomic E-state index is -0.0523. The van der Waals surface area contributed by atoms with Crippen LogP contribution in [0.15, 0.2) is 30.3 Å². The lowest BCUT2D eigenvalue weighted by Gasteiger charge is -2.24. The van der Waals surface area contributed by atoms with Crippen LogP contribution >= 0.6 is 0 Å². The van der Waals surface area contributed by atoms with Crippen molar-refractivity contribution in [1.82, 2.24) is 5.32 Å². The summed E-state index contributed by atoms with van der Waals surface area (Å²) in [5, 5.41) is 13.1. The number of hydrogen-bond acceptors (Lipinski definition) is 2. The van der Waals surface area contributed by atoms with Gasteiger partial charge in [-0.25, -0.2) is 0 Å². The van der Waals surface area contributed by atoms with Gasteiger partial charge in [0.25, 0.3) is 0 Å². The van der Waals surface area contributed by atoms with Crippen LogP contribution in [0.4, 0.5) is 0 Å². The van der Waals surface area contributed by atoms with Crippen molar-refractivity contribution in [2.24, 2.45) is 5.92 Å². The third-order valence-electron chi connectivity index (χ3n) is 3.59. The number of hydrogen-bond donors (Lipinski definition) is 2. The van der Waals surface area contributed by atoms with Gasteiger partial charge in [0.05, 0.1) is 18.7 Å². The van der Waals surface area contributed by atoms with E-state index in [1.165, 1.54) is 19.3 Å². The summed E-state index contributed by atoms with van der Waals surface area (Å²) in [7, 11) is 0. The highest BCUT2D eigenvalue weighted by atomic mass is 16.3. The van der Waals surface area contributed by atoms with Gasteiger partial charge in [0, 0.05) is 6.42 Å². The molecule has 0 saturated carbocycles. The van der Waals surface area contributed by atoms with Crippen LogP contribution in [-0.2, 0) is 0 Å². The topological polar surface area (TPSA) is 32.3 Å². The van der Waals surface area contributed by atoms with Crippen molar-refractivity contribution in [2.45, 2.75) is 58.5 Å². The first-order valence-corrected chi connectivity index (χ1v) is 8.09. The van der Waals surface area contributed by atoms with Gasteiger partial charge in [-0.15, -0.1) is 5.92 Å². The summed E-state index contributed by atoms with van der Waals surface area (Å²) in [5.41, 5.74) is 1.11. The van der Waals surface area contributed by atoms with E-state index >= 15 is 0 Å². The zero-order valence-corrected chi connectivity index (χ0v) is 13.6. The highest BCUT2D eigenvalue weighted by Crippen LogP contribution is 2.14. The molecule has 0 heterocycles. The summed E-state index contributed by atoms with van der Waals surface area (Å²) in [6, 6.07) is 10.1. The Balaban J connectivity index is 2.64. The first kappa shape index (κ1) is 17.8. The first-order valence-electron chi connectivity index (χ1n) is 8.09. The average molecular weight is 287 g/mol. The van der Waals surface area contributed by atoms with Crippen LogP contribution in [-0.4, -0.2) is 17.8 Å². The van der Waals surface area contributed by atoms with Crippen LogP contribution in [0.2, 0.25) is 0 Å². The van der Waals surface area contributed by atoms with Gasteiger partial charge in [-0.1, -0.05) is 69.9 Å². The standard InChI is InChI=1S/C19H29NO/c1-4-5-6-7-11-14-18(16(2)3)20-19(15-21)17-12-9-8-10-13-17/h8-10,12-13,16,18-21H,4-7,15H2,1-3H3/t18-,19-/m0/s1. The lowest BCUT2D eigenvalue weighted by molar-refractivity contribution is 0.232. The van der Waals surface area contributed by atoms with E-state index in [1.807, 2.05) is 30.3 Å². The van der Waals surface area contributed by atoms with E-state index in [0.29, 0.717) is 5.92 Å². The molecule has 0 radical (unpaired) electrons. The predicted octanol–water partition coefficient (Wildman–Crippen LogP) is 3.92. The molecule has 0 saturated heterocycles. The fourth-order valence-corrected chi connectivity index (χ4v) is 2.20. The maximum atomic E-state index is 9.64. The molecule has 2 atom stereocenters. The number of aliphatic hydroxyl groups is 1. The van der Waals surface area contributed by atoms with Crippen molar-refractivity contribution < 1.29 is 5.11 Å². The van der Waals surface area contributed by atoms with Crippen molar-refractivity contribution in [3.05, 3.63) is 35.9 Å². The Bertz CT molecular complexity index is 430. The SMILES string of the molecule is CCCCCC#C[C@H](N[C@@H](CO)c1ccccc1)C(C)C. The second-order valence-corrected chi connectivity index (χ2v) is 5.81. The third-order valence-corrected chi connectivity index (χ3v) is 3.59. The zero-order chi connectivity index (χ0) is 15.5. The van der Waals surface area contributed by atoms with Crippen LogP contribution < -0.4 is 5.32 Å². The van der Waals surface area contributed by atoms with Crippen molar-refractivity contribution in [3.63, 3.8) is 0 Å². The molecule has 0 amide bonds. The molecule has 0 spiro atoms. The molecule has 0 unspecified atom stereocenters. The molecule has 2 nitrogen and oxygen atoms in total. The summed E-state index contributed by atoms with van der Waals surface area (Å²) in [6.45, 7) is 6.62. The van der Waals surface area contributed by atoms with Crippen molar-refractivity contribution in [2.75, 3.05) is 6.61 Å². The molecular weight excluding hydrogens is 258 g/mol. The Hall–Kier alpha value is -1.30. The Morgan fingerprint density at radius 2 is 1.86 bits per heavy atom. The fraction of sp³-hybridized carbons (Fsp3) is 0.579. The molecule has 1 rings (SSSR count). The van der Waals surface area contributed by atoms with Gasteiger partial charge in [-0.05, 0) is 17.9 Å². The second kappa shape index (κ2) is 10.4. The van der Waals surface area contributed by atoms with Crippen molar-refractivity contribution >= 4 is 0 Å². The number of unbranched alkanes of at least 4 members (excludes halogenated alkanes) is 3. The van der Waals surface area contributed by atoms with E-state index in [0.717, 1.165) is 12.0 Å². The Kier molecular flexibility index (Phi) is 8.82. The van der Waals surface area contributed by atoms with Gasteiger partial charge in [-0.2, -0.15) is 0 Å². The number of benzene rings is 1. The van der Waals surface area contributed by atoms with E-state index in [1.54, 1.807) is 0 Å². The lowest BCUT2D eigenvalue weighted by Crippen LogP contribution is -2.37. The van der Waals surface area contributed by atoms with Crippen molar-refractivity contribution in [1.29, 1.82) is 0 Å². The minimum Gasteiger partial charge on any atom is -0.394 e. The Morgan fingerprint density at radius 3 is 2.43 bits per heavy atom. The highest BCUT2D eigenvalue weighted by molar-refractivity contribution is 5.20. The number of rotatable bonds is 8.